The van der Waals surface area contributed by atoms with E-state index in [1.165, 1.54) is 17.7 Å². The van der Waals surface area contributed by atoms with Crippen LogP contribution in [0.15, 0.2) is 42.5 Å². The summed E-state index contributed by atoms with van der Waals surface area (Å²) in [7, 11) is 1.68. The Kier molecular flexibility index (Phi) is 7.31. The highest BCUT2D eigenvalue weighted by molar-refractivity contribution is 5.90. The minimum atomic E-state index is -4.39. The van der Waals surface area contributed by atoms with Crippen LogP contribution in [0.25, 0.3) is 10.9 Å². The summed E-state index contributed by atoms with van der Waals surface area (Å²) in [5, 5.41) is 4.17. The van der Waals surface area contributed by atoms with Gasteiger partial charge in [0.2, 0.25) is 5.91 Å². The number of alkyl halides is 3. The number of nitrogens with one attached hydrogen (secondary N) is 1. The normalized spacial score (nSPS) is 21.3. The molecule has 0 unspecified atom stereocenters. The first kappa shape index (κ1) is 26.4. The molecule has 1 aliphatic heterocycles. The van der Waals surface area contributed by atoms with Crippen molar-refractivity contribution in [3.63, 3.8) is 0 Å². The van der Waals surface area contributed by atoms with E-state index in [2.05, 4.69) is 27.4 Å². The molecule has 1 saturated heterocycles. The zero-order valence-corrected chi connectivity index (χ0v) is 21.9. The first-order valence-corrected chi connectivity index (χ1v) is 13.2. The van der Waals surface area contributed by atoms with E-state index in [1.807, 2.05) is 17.9 Å². The van der Waals surface area contributed by atoms with Crippen LogP contribution in [-0.4, -0.2) is 47.1 Å². The number of anilines is 1. The van der Waals surface area contributed by atoms with Gasteiger partial charge in [0.1, 0.15) is 11.6 Å². The van der Waals surface area contributed by atoms with Gasteiger partial charge in [-0.2, -0.15) is 13.2 Å². The van der Waals surface area contributed by atoms with E-state index in [0.717, 1.165) is 42.7 Å². The van der Waals surface area contributed by atoms with Crippen LogP contribution >= 0.6 is 0 Å². The summed E-state index contributed by atoms with van der Waals surface area (Å²) in [5.41, 5.74) is 1.82. The monoisotopic (exact) mass is 526 g/mol. The van der Waals surface area contributed by atoms with Gasteiger partial charge in [-0.1, -0.05) is 18.2 Å². The predicted molar refractivity (Wildman–Crippen MR) is 140 cm³/mol. The second-order valence-corrected chi connectivity index (χ2v) is 10.5. The molecule has 0 radical (unpaired) electrons. The highest BCUT2D eigenvalue weighted by atomic mass is 19.4. The fraction of sp³-hybridized carbons (Fsp3) is 0.483. The van der Waals surface area contributed by atoms with Gasteiger partial charge in [0.05, 0.1) is 17.2 Å². The summed E-state index contributed by atoms with van der Waals surface area (Å²) in [4.78, 5) is 23.9. The number of hydrogen-bond acceptors (Lipinski definition) is 5. The number of halogens is 3. The van der Waals surface area contributed by atoms with E-state index in [4.69, 9.17) is 4.74 Å². The number of rotatable bonds is 6. The van der Waals surface area contributed by atoms with Crippen molar-refractivity contribution in [3.05, 3.63) is 65.0 Å². The minimum Gasteiger partial charge on any atom is -0.378 e. The summed E-state index contributed by atoms with van der Waals surface area (Å²) >= 11 is 0. The van der Waals surface area contributed by atoms with Gasteiger partial charge < -0.3 is 15.0 Å². The van der Waals surface area contributed by atoms with Gasteiger partial charge in [0, 0.05) is 37.5 Å². The molecule has 1 N–H and O–H groups in total. The largest absolute Gasteiger partial charge is 0.416 e. The zero-order valence-electron chi connectivity index (χ0n) is 21.9. The first-order chi connectivity index (χ1) is 18.1. The number of aromatic nitrogens is 2. The standard InChI is InChI=1S/C29H33F3N4O2/c1-17(21-5-4-6-23(13-21)29(30,31)32)33-27-25-14-22(11-12-26(25)34-18(2)35-27)19-7-9-20(10-8-19)28(37)36-15-24(16-36)38-3/h4-6,11-14,17,19-20,24H,7-10,15-16H2,1-3H3,(H,33,34,35)/t17-,19-,20-/m1/s1. The smallest absolute Gasteiger partial charge is 0.378 e. The highest BCUT2D eigenvalue weighted by Crippen LogP contribution is 2.39. The van der Waals surface area contributed by atoms with Gasteiger partial charge in [0.15, 0.2) is 0 Å². The van der Waals surface area contributed by atoms with Crippen LogP contribution in [-0.2, 0) is 15.7 Å². The molecule has 2 aliphatic rings. The lowest BCUT2D eigenvalue weighted by Crippen LogP contribution is -2.56. The summed E-state index contributed by atoms with van der Waals surface area (Å²) in [6, 6.07) is 11.2. The second-order valence-electron chi connectivity index (χ2n) is 10.5. The average Bonchev–Trinajstić information content (AvgIpc) is 2.87. The molecule has 2 heterocycles. The first-order valence-electron chi connectivity index (χ1n) is 13.2. The molecule has 9 heteroatoms. The molecule has 1 saturated carbocycles. The molecular weight excluding hydrogens is 493 g/mol. The molecule has 1 aromatic heterocycles. The van der Waals surface area contributed by atoms with E-state index in [0.29, 0.717) is 36.2 Å². The molecule has 5 rings (SSSR count). The van der Waals surface area contributed by atoms with Gasteiger partial charge in [-0.05, 0) is 80.8 Å². The van der Waals surface area contributed by atoms with Gasteiger partial charge in [0.25, 0.3) is 0 Å². The van der Waals surface area contributed by atoms with Crippen molar-refractivity contribution in [1.29, 1.82) is 0 Å². The number of amides is 1. The van der Waals surface area contributed by atoms with Crippen LogP contribution in [0, 0.1) is 12.8 Å². The maximum absolute atomic E-state index is 13.2. The minimum absolute atomic E-state index is 0.0704. The Morgan fingerprint density at radius 1 is 1.08 bits per heavy atom. The van der Waals surface area contributed by atoms with Gasteiger partial charge in [-0.3, -0.25) is 4.79 Å². The van der Waals surface area contributed by atoms with Crippen LogP contribution in [0.4, 0.5) is 19.0 Å². The molecule has 1 aliphatic carbocycles. The molecule has 2 fully saturated rings. The van der Waals surface area contributed by atoms with E-state index in [-0.39, 0.29) is 24.0 Å². The number of nitrogens with zero attached hydrogens (tertiary/aromatic N) is 3. The number of aryl methyl sites for hydroxylation is 1. The lowest BCUT2D eigenvalue weighted by Gasteiger charge is -2.41. The molecule has 1 amide bonds. The fourth-order valence-corrected chi connectivity index (χ4v) is 5.60. The third kappa shape index (κ3) is 5.48. The van der Waals surface area contributed by atoms with Crippen LogP contribution in [0.5, 0.6) is 0 Å². The molecule has 202 valence electrons. The number of hydrogen-bond donors (Lipinski definition) is 1. The zero-order chi connectivity index (χ0) is 27.0. The number of methoxy groups -OCH3 is 1. The fourth-order valence-electron chi connectivity index (χ4n) is 5.60. The van der Waals surface area contributed by atoms with E-state index < -0.39 is 11.7 Å². The van der Waals surface area contributed by atoms with Gasteiger partial charge >= 0.3 is 6.18 Å². The molecule has 1 atom stereocenters. The van der Waals surface area contributed by atoms with Crippen LogP contribution in [0.2, 0.25) is 0 Å². The molecule has 0 bridgehead atoms. The lowest BCUT2D eigenvalue weighted by atomic mass is 9.77. The Bertz CT molecular complexity index is 1310. The van der Waals surface area contributed by atoms with Gasteiger partial charge in [-0.15, -0.1) is 0 Å². The number of benzene rings is 2. The van der Waals surface area contributed by atoms with Crippen molar-refractivity contribution in [1.82, 2.24) is 14.9 Å². The molecule has 6 nitrogen and oxygen atoms in total. The topological polar surface area (TPSA) is 67.3 Å². The summed E-state index contributed by atoms with van der Waals surface area (Å²) in [6.07, 6.45) is -0.652. The molecule has 3 aromatic rings. The van der Waals surface area contributed by atoms with Crippen molar-refractivity contribution < 1.29 is 22.7 Å². The third-order valence-electron chi connectivity index (χ3n) is 7.94. The van der Waals surface area contributed by atoms with Crippen molar-refractivity contribution in [2.75, 3.05) is 25.5 Å². The molecule has 2 aromatic carbocycles. The number of likely N-dealkylation sites (tertiary alicyclic amines) is 1. The van der Waals surface area contributed by atoms with Crippen molar-refractivity contribution in [2.24, 2.45) is 5.92 Å². The number of carbonyl (C=O) groups excluding carboxylic acids is 1. The Balaban J connectivity index is 1.32. The maximum atomic E-state index is 13.2. The Hall–Kier alpha value is -3.20. The maximum Gasteiger partial charge on any atom is 0.416 e. The van der Waals surface area contributed by atoms with Crippen molar-refractivity contribution >= 4 is 22.6 Å². The number of fused-ring (bicyclic) bond motifs is 1. The molecule has 38 heavy (non-hydrogen) atoms. The Morgan fingerprint density at radius 3 is 2.50 bits per heavy atom. The number of ether oxygens (including phenoxy) is 1. The van der Waals surface area contributed by atoms with Crippen molar-refractivity contribution in [3.8, 4) is 0 Å². The lowest BCUT2D eigenvalue weighted by molar-refractivity contribution is -0.148. The van der Waals surface area contributed by atoms with Crippen LogP contribution in [0.1, 0.15) is 67.1 Å². The van der Waals surface area contributed by atoms with E-state index >= 15 is 0 Å². The quantitative estimate of drug-likeness (QED) is 0.411. The highest BCUT2D eigenvalue weighted by Gasteiger charge is 2.36. The average molecular weight is 527 g/mol. The van der Waals surface area contributed by atoms with Crippen LogP contribution in [0.3, 0.4) is 0 Å². The molecular formula is C29H33F3N4O2. The van der Waals surface area contributed by atoms with E-state index in [1.54, 1.807) is 20.1 Å². The summed E-state index contributed by atoms with van der Waals surface area (Å²) < 4.78 is 45.0. The Labute approximate surface area is 220 Å². The summed E-state index contributed by atoms with van der Waals surface area (Å²) in [5.74, 6) is 1.84. The SMILES string of the molecule is COC1CN(C(=O)[C@H]2CC[C@H](c3ccc4nc(C)nc(N[C@H](C)c5cccc(C(F)(F)F)c5)c4c3)CC2)C1. The Morgan fingerprint density at radius 2 is 1.82 bits per heavy atom. The molecule has 0 spiro atoms. The van der Waals surface area contributed by atoms with Crippen LogP contribution < -0.4 is 5.32 Å². The third-order valence-corrected chi connectivity index (χ3v) is 7.94. The van der Waals surface area contributed by atoms with E-state index in [9.17, 15) is 18.0 Å². The number of carbonyl (C=O) groups is 1. The van der Waals surface area contributed by atoms with Gasteiger partial charge in [-0.25, -0.2) is 9.97 Å². The van der Waals surface area contributed by atoms with Crippen molar-refractivity contribution in [2.45, 2.75) is 63.8 Å². The summed E-state index contributed by atoms with van der Waals surface area (Å²) in [6.45, 7) is 5.01. The second kappa shape index (κ2) is 10.5. The predicted octanol–water partition coefficient (Wildman–Crippen LogP) is 6.26.